The highest BCUT2D eigenvalue weighted by Crippen LogP contribution is 2.18. The van der Waals surface area contributed by atoms with Crippen LogP contribution < -0.4 is 5.63 Å². The SMILES string of the molecule is CCOC(=O)c1ccc2oc(=O)cc(C)c2c1. The zero-order valence-electron chi connectivity index (χ0n) is 9.65. The Labute approximate surface area is 97.8 Å². The van der Waals surface area contributed by atoms with E-state index in [9.17, 15) is 9.59 Å². The summed E-state index contributed by atoms with van der Waals surface area (Å²) < 4.78 is 9.94. The molecule has 0 aliphatic rings. The third kappa shape index (κ3) is 2.20. The van der Waals surface area contributed by atoms with Gasteiger partial charge in [0.15, 0.2) is 0 Å². The predicted molar refractivity (Wildman–Crippen MR) is 63.2 cm³/mol. The summed E-state index contributed by atoms with van der Waals surface area (Å²) in [6, 6.07) is 6.27. The molecule has 2 aromatic rings. The molecule has 1 aromatic carbocycles. The van der Waals surface area contributed by atoms with Crippen LogP contribution in [0.15, 0.2) is 33.5 Å². The molecule has 1 aromatic heterocycles. The lowest BCUT2D eigenvalue weighted by molar-refractivity contribution is 0.0526. The first kappa shape index (κ1) is 11.4. The third-order valence-corrected chi connectivity index (χ3v) is 2.46. The summed E-state index contributed by atoms with van der Waals surface area (Å²) >= 11 is 0. The molecule has 0 saturated heterocycles. The second-order valence-electron chi connectivity index (χ2n) is 3.68. The highest BCUT2D eigenvalue weighted by atomic mass is 16.5. The summed E-state index contributed by atoms with van der Waals surface area (Å²) in [5, 5.41) is 0.746. The Hall–Kier alpha value is -2.10. The number of carbonyl (C=O) groups is 1. The van der Waals surface area contributed by atoms with E-state index in [1.165, 1.54) is 6.07 Å². The number of ether oxygens (including phenoxy) is 1. The average molecular weight is 232 g/mol. The van der Waals surface area contributed by atoms with Gasteiger partial charge in [-0.15, -0.1) is 0 Å². The zero-order chi connectivity index (χ0) is 12.4. The molecular formula is C13H12O4. The first-order valence-electron chi connectivity index (χ1n) is 5.33. The van der Waals surface area contributed by atoms with Crippen molar-refractivity contribution in [2.45, 2.75) is 13.8 Å². The number of hydrogen-bond acceptors (Lipinski definition) is 4. The molecule has 0 spiro atoms. The minimum atomic E-state index is -0.390. The van der Waals surface area contributed by atoms with Gasteiger partial charge >= 0.3 is 11.6 Å². The van der Waals surface area contributed by atoms with Gasteiger partial charge in [-0.2, -0.15) is 0 Å². The fourth-order valence-electron chi connectivity index (χ4n) is 1.66. The van der Waals surface area contributed by atoms with E-state index in [0.717, 1.165) is 10.9 Å². The van der Waals surface area contributed by atoms with E-state index in [-0.39, 0.29) is 11.6 Å². The molecule has 0 saturated carbocycles. The summed E-state index contributed by atoms with van der Waals surface area (Å²) in [7, 11) is 0. The number of esters is 1. The maximum atomic E-state index is 11.6. The van der Waals surface area contributed by atoms with Crippen LogP contribution in [0, 0.1) is 6.92 Å². The molecule has 88 valence electrons. The molecule has 0 radical (unpaired) electrons. The van der Waals surface area contributed by atoms with Crippen LogP contribution in [0.5, 0.6) is 0 Å². The largest absolute Gasteiger partial charge is 0.462 e. The lowest BCUT2D eigenvalue weighted by Crippen LogP contribution is -2.05. The van der Waals surface area contributed by atoms with Crippen molar-refractivity contribution < 1.29 is 13.9 Å². The maximum Gasteiger partial charge on any atom is 0.338 e. The van der Waals surface area contributed by atoms with E-state index >= 15 is 0 Å². The van der Waals surface area contributed by atoms with Crippen molar-refractivity contribution in [2.75, 3.05) is 6.61 Å². The van der Waals surface area contributed by atoms with Gasteiger partial charge in [-0.25, -0.2) is 9.59 Å². The van der Waals surface area contributed by atoms with Crippen LogP contribution in [0.25, 0.3) is 11.0 Å². The smallest absolute Gasteiger partial charge is 0.338 e. The number of fused-ring (bicyclic) bond motifs is 1. The van der Waals surface area contributed by atoms with Crippen molar-refractivity contribution in [1.82, 2.24) is 0 Å². The molecule has 0 unspecified atom stereocenters. The summed E-state index contributed by atoms with van der Waals surface area (Å²) in [6.07, 6.45) is 0. The molecule has 4 nitrogen and oxygen atoms in total. The van der Waals surface area contributed by atoms with Crippen molar-refractivity contribution in [3.8, 4) is 0 Å². The lowest BCUT2D eigenvalue weighted by atomic mass is 10.1. The zero-order valence-corrected chi connectivity index (χ0v) is 9.65. The summed E-state index contributed by atoms with van der Waals surface area (Å²) in [6.45, 7) is 3.89. The predicted octanol–water partition coefficient (Wildman–Crippen LogP) is 2.28. The molecule has 2 rings (SSSR count). The molecule has 0 aliphatic heterocycles. The Morgan fingerprint density at radius 3 is 2.82 bits per heavy atom. The van der Waals surface area contributed by atoms with Gasteiger partial charge in [0.1, 0.15) is 5.58 Å². The van der Waals surface area contributed by atoms with Crippen LogP contribution in [0.3, 0.4) is 0 Å². The van der Waals surface area contributed by atoms with Gasteiger partial charge in [-0.05, 0) is 37.6 Å². The molecule has 0 atom stereocenters. The fourth-order valence-corrected chi connectivity index (χ4v) is 1.66. The normalized spacial score (nSPS) is 10.5. The van der Waals surface area contributed by atoms with Crippen molar-refractivity contribution in [1.29, 1.82) is 0 Å². The minimum absolute atomic E-state index is 0.333. The van der Waals surface area contributed by atoms with E-state index in [1.807, 2.05) is 0 Å². The number of aryl methyl sites for hydroxylation is 1. The molecule has 4 heteroatoms. The van der Waals surface area contributed by atoms with Crippen molar-refractivity contribution >= 4 is 16.9 Å². The summed E-state index contributed by atoms with van der Waals surface area (Å²) in [4.78, 5) is 22.7. The van der Waals surface area contributed by atoms with E-state index in [2.05, 4.69) is 0 Å². The van der Waals surface area contributed by atoms with E-state index in [0.29, 0.717) is 17.8 Å². The molecule has 17 heavy (non-hydrogen) atoms. The lowest BCUT2D eigenvalue weighted by Gasteiger charge is -2.04. The number of hydrogen-bond donors (Lipinski definition) is 0. The molecule has 0 N–H and O–H groups in total. The molecule has 1 heterocycles. The Morgan fingerprint density at radius 1 is 1.35 bits per heavy atom. The van der Waals surface area contributed by atoms with Crippen LogP contribution >= 0.6 is 0 Å². The van der Waals surface area contributed by atoms with Crippen LogP contribution in [0.1, 0.15) is 22.8 Å². The molecule has 0 aliphatic carbocycles. The molecule has 0 amide bonds. The van der Waals surface area contributed by atoms with Gasteiger partial charge in [0.05, 0.1) is 12.2 Å². The Bertz CT molecular complexity index is 625. The average Bonchev–Trinajstić information content (AvgIpc) is 2.28. The standard InChI is InChI=1S/C13H12O4/c1-3-16-13(15)9-4-5-11-10(7-9)8(2)6-12(14)17-11/h4-7H,3H2,1-2H3. The topological polar surface area (TPSA) is 56.5 Å². The van der Waals surface area contributed by atoms with Gasteiger partial charge in [-0.3, -0.25) is 0 Å². The van der Waals surface area contributed by atoms with Gasteiger partial charge in [0.25, 0.3) is 0 Å². The van der Waals surface area contributed by atoms with Crippen LogP contribution in [0.4, 0.5) is 0 Å². The second kappa shape index (κ2) is 4.41. The van der Waals surface area contributed by atoms with Gasteiger partial charge < -0.3 is 9.15 Å². The Morgan fingerprint density at radius 2 is 2.12 bits per heavy atom. The number of rotatable bonds is 2. The molecule has 0 bridgehead atoms. The third-order valence-electron chi connectivity index (χ3n) is 2.46. The van der Waals surface area contributed by atoms with E-state index in [1.54, 1.807) is 32.0 Å². The van der Waals surface area contributed by atoms with Crippen molar-refractivity contribution in [2.24, 2.45) is 0 Å². The Kier molecular flexibility index (Phi) is 2.95. The second-order valence-corrected chi connectivity index (χ2v) is 3.68. The molecular weight excluding hydrogens is 220 g/mol. The van der Waals surface area contributed by atoms with Crippen molar-refractivity contribution in [3.63, 3.8) is 0 Å². The van der Waals surface area contributed by atoms with E-state index < -0.39 is 0 Å². The first-order valence-corrected chi connectivity index (χ1v) is 5.33. The minimum Gasteiger partial charge on any atom is -0.462 e. The molecule has 0 fully saturated rings. The quantitative estimate of drug-likeness (QED) is 0.588. The van der Waals surface area contributed by atoms with Gasteiger partial charge in [0, 0.05) is 11.5 Å². The summed E-state index contributed by atoms with van der Waals surface area (Å²) in [5.74, 6) is -0.375. The van der Waals surface area contributed by atoms with Crippen LogP contribution in [-0.2, 0) is 4.74 Å². The van der Waals surface area contributed by atoms with Gasteiger partial charge in [-0.1, -0.05) is 0 Å². The van der Waals surface area contributed by atoms with Crippen LogP contribution in [-0.4, -0.2) is 12.6 Å². The summed E-state index contributed by atoms with van der Waals surface area (Å²) in [5.41, 5.74) is 1.32. The number of benzene rings is 1. The van der Waals surface area contributed by atoms with E-state index in [4.69, 9.17) is 9.15 Å². The highest BCUT2D eigenvalue weighted by molar-refractivity contribution is 5.94. The Balaban J connectivity index is 2.58. The monoisotopic (exact) mass is 232 g/mol. The highest BCUT2D eigenvalue weighted by Gasteiger charge is 2.09. The maximum absolute atomic E-state index is 11.6. The first-order chi connectivity index (χ1) is 8.11. The fraction of sp³-hybridized carbons (Fsp3) is 0.231. The van der Waals surface area contributed by atoms with Gasteiger partial charge in [0.2, 0.25) is 0 Å². The number of carbonyl (C=O) groups excluding carboxylic acids is 1. The van der Waals surface area contributed by atoms with Crippen LogP contribution in [0.2, 0.25) is 0 Å². The van der Waals surface area contributed by atoms with Crippen molar-refractivity contribution in [3.05, 3.63) is 45.8 Å².